The molecule has 3 nitrogen and oxygen atoms in total. The number of nitrogens with zero attached hydrogens (tertiary/aromatic N) is 3. The summed E-state index contributed by atoms with van der Waals surface area (Å²) >= 11 is 7.54. The molecule has 1 aromatic rings. The lowest BCUT2D eigenvalue weighted by Gasteiger charge is -2.27. The van der Waals surface area contributed by atoms with Gasteiger partial charge in [0.25, 0.3) is 0 Å². The van der Waals surface area contributed by atoms with E-state index in [-0.39, 0.29) is 6.04 Å². The van der Waals surface area contributed by atoms with Crippen LogP contribution in [0, 0.1) is 0 Å². The van der Waals surface area contributed by atoms with Gasteiger partial charge in [-0.1, -0.05) is 23.7 Å². The average molecular weight is 278 g/mol. The predicted octanol–water partition coefficient (Wildman–Crippen LogP) is 4.04. The lowest BCUT2D eigenvalue weighted by molar-refractivity contribution is 0.389. The van der Waals surface area contributed by atoms with Crippen LogP contribution >= 0.6 is 23.4 Å². The van der Waals surface area contributed by atoms with E-state index in [1.807, 2.05) is 43.1 Å². The van der Waals surface area contributed by atoms with Crippen molar-refractivity contribution in [3.8, 4) is 0 Å². The largest absolute Gasteiger partial charge is 0.230 e. The summed E-state index contributed by atoms with van der Waals surface area (Å²) in [5, 5.41) is 9.22. The quantitative estimate of drug-likeness (QED) is 0.775. The Morgan fingerprint density at radius 2 is 1.94 bits per heavy atom. The number of benzene rings is 1. The van der Waals surface area contributed by atoms with E-state index in [1.165, 1.54) is 5.56 Å². The normalized spacial score (nSPS) is 22.3. The van der Waals surface area contributed by atoms with E-state index in [1.54, 1.807) is 11.8 Å². The highest BCUT2D eigenvalue weighted by atomic mass is 35.5. The van der Waals surface area contributed by atoms with E-state index >= 15 is 0 Å². The van der Waals surface area contributed by atoms with Gasteiger partial charge in [-0.2, -0.15) is 5.10 Å². The number of thioether (sulfide) groups is 1. The molecule has 0 amide bonds. The minimum absolute atomic E-state index is 0.111. The van der Waals surface area contributed by atoms with Gasteiger partial charge >= 0.3 is 0 Å². The standard InChI is InChI=1S/C13H12ClN3S/c1-8-7-12(10-3-5-11(14)6-4-10)17-13(15-8)18-9(2)16-17/h3-7,12H,1-2H3. The Hall–Kier alpha value is -1.26. The highest BCUT2D eigenvalue weighted by molar-refractivity contribution is 8.26. The number of hydrogen-bond donors (Lipinski definition) is 0. The number of hydrogen-bond acceptors (Lipinski definition) is 4. The van der Waals surface area contributed by atoms with Crippen molar-refractivity contribution in [3.63, 3.8) is 0 Å². The molecule has 0 aromatic heterocycles. The molecule has 0 N–H and O–H groups in total. The van der Waals surface area contributed by atoms with E-state index in [9.17, 15) is 0 Å². The van der Waals surface area contributed by atoms with Gasteiger partial charge in [-0.05, 0) is 49.4 Å². The monoisotopic (exact) mass is 277 g/mol. The molecule has 0 saturated heterocycles. The molecule has 18 heavy (non-hydrogen) atoms. The van der Waals surface area contributed by atoms with Crippen molar-refractivity contribution in [1.29, 1.82) is 0 Å². The van der Waals surface area contributed by atoms with E-state index in [0.717, 1.165) is 20.9 Å². The molecule has 0 radical (unpaired) electrons. The lowest BCUT2D eigenvalue weighted by atomic mass is 10.0. The molecular formula is C13H12ClN3S. The van der Waals surface area contributed by atoms with Crippen LogP contribution in [0.15, 0.2) is 46.1 Å². The van der Waals surface area contributed by atoms with Crippen LogP contribution in [0.5, 0.6) is 0 Å². The van der Waals surface area contributed by atoms with Crippen LogP contribution in [0.2, 0.25) is 5.02 Å². The first kappa shape index (κ1) is 11.8. The Balaban J connectivity index is 2.01. The van der Waals surface area contributed by atoms with E-state index < -0.39 is 0 Å². The van der Waals surface area contributed by atoms with E-state index in [2.05, 4.69) is 16.2 Å². The zero-order valence-electron chi connectivity index (χ0n) is 10.1. The van der Waals surface area contributed by atoms with Crippen LogP contribution in [0.1, 0.15) is 25.5 Å². The Morgan fingerprint density at radius 3 is 2.67 bits per heavy atom. The second-order valence-electron chi connectivity index (χ2n) is 4.26. The van der Waals surface area contributed by atoms with Gasteiger partial charge in [-0.15, -0.1) is 0 Å². The van der Waals surface area contributed by atoms with Crippen LogP contribution in [0.4, 0.5) is 0 Å². The summed E-state index contributed by atoms with van der Waals surface area (Å²) in [4.78, 5) is 4.51. The Kier molecular flexibility index (Phi) is 2.92. The van der Waals surface area contributed by atoms with Crippen molar-refractivity contribution < 1.29 is 0 Å². The van der Waals surface area contributed by atoms with Gasteiger partial charge in [-0.25, -0.2) is 10.0 Å². The number of aliphatic imine (C=N–C) groups is 1. The van der Waals surface area contributed by atoms with Crippen molar-refractivity contribution in [2.24, 2.45) is 10.1 Å². The van der Waals surface area contributed by atoms with Gasteiger partial charge in [0, 0.05) is 10.7 Å². The second kappa shape index (κ2) is 4.44. The van der Waals surface area contributed by atoms with Crippen molar-refractivity contribution >= 4 is 33.6 Å². The van der Waals surface area contributed by atoms with E-state index in [4.69, 9.17) is 11.6 Å². The Labute approximate surface area is 115 Å². The third kappa shape index (κ3) is 2.06. The summed E-state index contributed by atoms with van der Waals surface area (Å²) < 4.78 is 0. The Bertz CT molecular complexity index is 574. The summed E-state index contributed by atoms with van der Waals surface area (Å²) in [6.45, 7) is 4.02. The van der Waals surface area contributed by atoms with Crippen LogP contribution in [-0.4, -0.2) is 15.2 Å². The lowest BCUT2D eigenvalue weighted by Crippen LogP contribution is -2.26. The number of rotatable bonds is 1. The molecular weight excluding hydrogens is 266 g/mol. The molecule has 1 atom stereocenters. The molecule has 1 unspecified atom stereocenters. The molecule has 5 heteroatoms. The predicted molar refractivity (Wildman–Crippen MR) is 77.9 cm³/mol. The summed E-state index contributed by atoms with van der Waals surface area (Å²) in [6.07, 6.45) is 2.12. The number of allylic oxidation sites excluding steroid dienone is 1. The highest BCUT2D eigenvalue weighted by Gasteiger charge is 2.30. The topological polar surface area (TPSA) is 28.0 Å². The number of amidine groups is 1. The third-order valence-electron chi connectivity index (χ3n) is 2.83. The Morgan fingerprint density at radius 1 is 1.22 bits per heavy atom. The van der Waals surface area contributed by atoms with Crippen LogP contribution in [0.3, 0.4) is 0 Å². The molecule has 2 aliphatic rings. The SMILES string of the molecule is CC1=CC(c2ccc(Cl)cc2)N2N=C(C)SC2=N1. The summed E-state index contributed by atoms with van der Waals surface area (Å²) in [5.74, 6) is 0. The maximum atomic E-state index is 5.93. The number of fused-ring (bicyclic) bond motifs is 1. The maximum absolute atomic E-state index is 5.93. The first-order chi connectivity index (χ1) is 8.63. The molecule has 0 bridgehead atoms. The van der Waals surface area contributed by atoms with Gasteiger partial charge in [0.15, 0.2) is 5.17 Å². The fraction of sp³-hybridized carbons (Fsp3) is 0.231. The fourth-order valence-electron chi connectivity index (χ4n) is 2.03. The summed E-state index contributed by atoms with van der Waals surface area (Å²) in [5.41, 5.74) is 2.20. The smallest absolute Gasteiger partial charge is 0.191 e. The number of hydrazone groups is 1. The zero-order valence-corrected chi connectivity index (χ0v) is 11.7. The number of halogens is 1. The fourth-order valence-corrected chi connectivity index (χ4v) is 2.99. The molecule has 3 rings (SSSR count). The minimum Gasteiger partial charge on any atom is -0.230 e. The summed E-state index contributed by atoms with van der Waals surface area (Å²) in [6, 6.07) is 8.00. The first-order valence-electron chi connectivity index (χ1n) is 5.68. The van der Waals surface area contributed by atoms with Crippen LogP contribution < -0.4 is 0 Å². The van der Waals surface area contributed by atoms with E-state index in [0.29, 0.717) is 0 Å². The first-order valence-corrected chi connectivity index (χ1v) is 6.88. The summed E-state index contributed by atoms with van der Waals surface area (Å²) in [7, 11) is 0. The third-order valence-corrected chi connectivity index (χ3v) is 3.92. The van der Waals surface area contributed by atoms with Gasteiger partial charge in [0.05, 0.1) is 11.1 Å². The second-order valence-corrected chi connectivity index (χ2v) is 5.86. The minimum atomic E-state index is 0.111. The van der Waals surface area contributed by atoms with Crippen molar-refractivity contribution in [2.75, 3.05) is 0 Å². The van der Waals surface area contributed by atoms with Crippen molar-refractivity contribution in [3.05, 3.63) is 46.6 Å². The maximum Gasteiger partial charge on any atom is 0.191 e. The van der Waals surface area contributed by atoms with Gasteiger partial charge in [0.1, 0.15) is 0 Å². The van der Waals surface area contributed by atoms with Gasteiger partial charge in [-0.3, -0.25) is 0 Å². The molecule has 0 saturated carbocycles. The van der Waals surface area contributed by atoms with Crippen molar-refractivity contribution in [2.45, 2.75) is 19.9 Å². The van der Waals surface area contributed by atoms with Crippen LogP contribution in [-0.2, 0) is 0 Å². The molecule has 2 heterocycles. The van der Waals surface area contributed by atoms with Crippen molar-refractivity contribution in [1.82, 2.24) is 5.01 Å². The molecule has 0 aliphatic carbocycles. The highest BCUT2D eigenvalue weighted by Crippen LogP contribution is 2.36. The van der Waals surface area contributed by atoms with Gasteiger partial charge < -0.3 is 0 Å². The molecule has 0 spiro atoms. The molecule has 92 valence electrons. The molecule has 1 aromatic carbocycles. The molecule has 0 fully saturated rings. The molecule has 2 aliphatic heterocycles. The average Bonchev–Trinajstić information content (AvgIpc) is 2.69. The van der Waals surface area contributed by atoms with Crippen LogP contribution in [0.25, 0.3) is 0 Å². The zero-order chi connectivity index (χ0) is 12.7. The van der Waals surface area contributed by atoms with Gasteiger partial charge in [0.2, 0.25) is 0 Å².